The molecule has 7 heteroatoms. The molecule has 0 spiro atoms. The molecule has 2 heterocycles. The van der Waals surface area contributed by atoms with Crippen LogP contribution in [0.3, 0.4) is 0 Å². The van der Waals surface area contributed by atoms with Gasteiger partial charge in [0.25, 0.3) is 0 Å². The molecule has 1 saturated heterocycles. The van der Waals surface area contributed by atoms with Crippen molar-refractivity contribution in [2.75, 3.05) is 45.2 Å². The summed E-state index contributed by atoms with van der Waals surface area (Å²) in [7, 11) is 1.74. The summed E-state index contributed by atoms with van der Waals surface area (Å²) in [5, 5.41) is 10.5. The van der Waals surface area contributed by atoms with Crippen molar-refractivity contribution in [3.63, 3.8) is 0 Å². The van der Waals surface area contributed by atoms with Gasteiger partial charge in [0.1, 0.15) is 0 Å². The van der Waals surface area contributed by atoms with E-state index in [9.17, 15) is 4.79 Å². The van der Waals surface area contributed by atoms with E-state index in [2.05, 4.69) is 39.7 Å². The van der Waals surface area contributed by atoms with E-state index < -0.39 is 0 Å². The fourth-order valence-corrected chi connectivity index (χ4v) is 3.71. The van der Waals surface area contributed by atoms with Crippen molar-refractivity contribution >= 4 is 11.8 Å². The Hall–Kier alpha value is -2.38. The van der Waals surface area contributed by atoms with Crippen LogP contribution in [-0.4, -0.2) is 60.6 Å². The standard InChI is InChI=1S/C22H33N5O2/c1-17-16-27(18(2)20-7-5-4-6-8-20)25-21(17)24-22(28)23-15-19-9-11-26(12-10-19)13-14-29-3/h4-8,16,18-19H,9-15H2,1-3H3,(H2,23,24,25,28)/t18-/m1/s1. The maximum absolute atomic E-state index is 12.4. The topological polar surface area (TPSA) is 71.4 Å². The van der Waals surface area contributed by atoms with Crippen molar-refractivity contribution < 1.29 is 9.53 Å². The molecule has 158 valence electrons. The van der Waals surface area contributed by atoms with E-state index in [1.807, 2.05) is 36.0 Å². The second kappa shape index (κ2) is 10.4. The van der Waals surface area contributed by atoms with Crippen LogP contribution >= 0.6 is 0 Å². The van der Waals surface area contributed by atoms with Crippen molar-refractivity contribution in [3.8, 4) is 0 Å². The number of piperidine rings is 1. The molecule has 7 nitrogen and oxygen atoms in total. The normalized spacial score (nSPS) is 16.5. The number of aryl methyl sites for hydroxylation is 1. The summed E-state index contributed by atoms with van der Waals surface area (Å²) in [4.78, 5) is 14.8. The number of carbonyl (C=O) groups excluding carboxylic acids is 1. The fourth-order valence-electron chi connectivity index (χ4n) is 3.71. The summed E-state index contributed by atoms with van der Waals surface area (Å²) in [6, 6.07) is 10.1. The SMILES string of the molecule is COCCN1CCC(CNC(=O)Nc2nn([C@H](C)c3ccccc3)cc2C)CC1. The average molecular weight is 400 g/mol. The molecule has 3 rings (SSSR count). The molecule has 1 aromatic carbocycles. The molecule has 1 fully saturated rings. The molecule has 2 aromatic rings. The number of methoxy groups -OCH3 is 1. The van der Waals surface area contributed by atoms with Crippen molar-refractivity contribution in [1.29, 1.82) is 0 Å². The Bertz CT molecular complexity index is 769. The quantitative estimate of drug-likeness (QED) is 0.715. The minimum absolute atomic E-state index is 0.108. The lowest BCUT2D eigenvalue weighted by Gasteiger charge is -2.31. The lowest BCUT2D eigenvalue weighted by molar-refractivity contribution is 0.120. The summed E-state index contributed by atoms with van der Waals surface area (Å²) in [6.07, 6.45) is 4.18. The van der Waals surface area contributed by atoms with Crippen LogP contribution in [0, 0.1) is 12.8 Å². The van der Waals surface area contributed by atoms with Crippen molar-refractivity contribution in [2.24, 2.45) is 5.92 Å². The highest BCUT2D eigenvalue weighted by atomic mass is 16.5. The lowest BCUT2D eigenvalue weighted by atomic mass is 9.97. The first kappa shape index (κ1) is 21.3. The molecule has 0 unspecified atom stereocenters. The molecular formula is C22H33N5O2. The Morgan fingerprint density at radius 1 is 1.28 bits per heavy atom. The van der Waals surface area contributed by atoms with Gasteiger partial charge in [-0.1, -0.05) is 30.3 Å². The van der Waals surface area contributed by atoms with Gasteiger partial charge in [-0.3, -0.25) is 10.00 Å². The molecule has 1 aromatic heterocycles. The number of anilines is 1. The third kappa shape index (κ3) is 6.05. The van der Waals surface area contributed by atoms with Gasteiger partial charge in [-0.25, -0.2) is 4.79 Å². The van der Waals surface area contributed by atoms with E-state index in [-0.39, 0.29) is 12.1 Å². The second-order valence-electron chi connectivity index (χ2n) is 7.84. The number of rotatable bonds is 8. The Kier molecular flexibility index (Phi) is 7.66. The van der Waals surface area contributed by atoms with Crippen LogP contribution in [0.25, 0.3) is 0 Å². The Morgan fingerprint density at radius 3 is 2.69 bits per heavy atom. The van der Waals surface area contributed by atoms with Gasteiger partial charge in [-0.15, -0.1) is 0 Å². The van der Waals surface area contributed by atoms with Crippen molar-refractivity contribution in [1.82, 2.24) is 20.0 Å². The monoisotopic (exact) mass is 399 g/mol. The van der Waals surface area contributed by atoms with Crippen LogP contribution in [0.15, 0.2) is 36.5 Å². The summed E-state index contributed by atoms with van der Waals surface area (Å²) in [6.45, 7) is 8.67. The van der Waals surface area contributed by atoms with Gasteiger partial charge in [0.05, 0.1) is 12.6 Å². The molecule has 2 N–H and O–H groups in total. The highest BCUT2D eigenvalue weighted by molar-refractivity contribution is 5.88. The molecule has 29 heavy (non-hydrogen) atoms. The fraction of sp³-hybridized carbons (Fsp3) is 0.545. The Morgan fingerprint density at radius 2 is 2.00 bits per heavy atom. The Balaban J connectivity index is 1.46. The van der Waals surface area contributed by atoms with Gasteiger partial charge in [-0.05, 0) is 51.3 Å². The van der Waals surface area contributed by atoms with E-state index in [1.54, 1.807) is 7.11 Å². The molecule has 0 saturated carbocycles. The highest BCUT2D eigenvalue weighted by Crippen LogP contribution is 2.21. The number of ether oxygens (including phenoxy) is 1. The largest absolute Gasteiger partial charge is 0.383 e. The second-order valence-corrected chi connectivity index (χ2v) is 7.84. The summed E-state index contributed by atoms with van der Waals surface area (Å²) in [5.74, 6) is 1.14. The Labute approximate surface area is 173 Å². The molecule has 0 bridgehead atoms. The summed E-state index contributed by atoms with van der Waals surface area (Å²) >= 11 is 0. The molecular weight excluding hydrogens is 366 g/mol. The first-order chi connectivity index (χ1) is 14.1. The van der Waals surface area contributed by atoms with Crippen LogP contribution in [-0.2, 0) is 4.74 Å². The van der Waals surface area contributed by atoms with Crippen molar-refractivity contribution in [3.05, 3.63) is 47.7 Å². The highest BCUT2D eigenvalue weighted by Gasteiger charge is 2.20. The maximum Gasteiger partial charge on any atom is 0.320 e. The van der Waals surface area contributed by atoms with E-state index in [0.717, 1.165) is 44.6 Å². The van der Waals surface area contributed by atoms with Gasteiger partial charge < -0.3 is 15.0 Å². The van der Waals surface area contributed by atoms with Gasteiger partial charge in [0.2, 0.25) is 0 Å². The van der Waals surface area contributed by atoms with Crippen LogP contribution in [0.1, 0.15) is 36.9 Å². The van der Waals surface area contributed by atoms with Gasteiger partial charge >= 0.3 is 6.03 Å². The first-order valence-corrected chi connectivity index (χ1v) is 10.4. The molecule has 2 amide bonds. The zero-order valence-corrected chi connectivity index (χ0v) is 17.7. The number of aromatic nitrogens is 2. The number of nitrogens with zero attached hydrogens (tertiary/aromatic N) is 3. The number of amides is 2. The smallest absolute Gasteiger partial charge is 0.320 e. The third-order valence-electron chi connectivity index (χ3n) is 5.70. The van der Waals surface area contributed by atoms with E-state index in [4.69, 9.17) is 4.74 Å². The number of urea groups is 1. The van der Waals surface area contributed by atoms with Gasteiger partial charge in [0, 0.05) is 32.0 Å². The van der Waals surface area contributed by atoms with Gasteiger partial charge in [0.15, 0.2) is 5.82 Å². The number of carbonyl (C=O) groups is 1. The van der Waals surface area contributed by atoms with Gasteiger partial charge in [-0.2, -0.15) is 5.10 Å². The number of benzene rings is 1. The zero-order valence-electron chi connectivity index (χ0n) is 17.7. The predicted molar refractivity (Wildman–Crippen MR) is 115 cm³/mol. The van der Waals surface area contributed by atoms with E-state index in [1.165, 1.54) is 5.56 Å². The summed E-state index contributed by atoms with van der Waals surface area (Å²) in [5.41, 5.74) is 2.14. The predicted octanol–water partition coefficient (Wildman–Crippen LogP) is 3.28. The molecule has 1 aliphatic heterocycles. The number of nitrogens with one attached hydrogen (secondary N) is 2. The molecule has 1 atom stereocenters. The molecule has 1 aliphatic rings. The number of hydrogen-bond donors (Lipinski definition) is 2. The average Bonchev–Trinajstić information content (AvgIpc) is 3.11. The number of likely N-dealkylation sites (tertiary alicyclic amines) is 1. The third-order valence-corrected chi connectivity index (χ3v) is 5.70. The van der Waals surface area contributed by atoms with Crippen LogP contribution in [0.5, 0.6) is 0 Å². The molecule has 0 aliphatic carbocycles. The van der Waals surface area contributed by atoms with Crippen LogP contribution in [0.2, 0.25) is 0 Å². The van der Waals surface area contributed by atoms with Crippen molar-refractivity contribution in [2.45, 2.75) is 32.7 Å². The van der Waals surface area contributed by atoms with Crippen LogP contribution < -0.4 is 10.6 Å². The molecule has 0 radical (unpaired) electrons. The minimum atomic E-state index is -0.187. The van der Waals surface area contributed by atoms with Crippen LogP contribution in [0.4, 0.5) is 10.6 Å². The minimum Gasteiger partial charge on any atom is -0.383 e. The summed E-state index contributed by atoms with van der Waals surface area (Å²) < 4.78 is 7.04. The van der Waals surface area contributed by atoms with E-state index in [0.29, 0.717) is 18.3 Å². The zero-order chi connectivity index (χ0) is 20.6. The lowest BCUT2D eigenvalue weighted by Crippen LogP contribution is -2.40. The van der Waals surface area contributed by atoms with E-state index >= 15 is 0 Å². The first-order valence-electron chi connectivity index (χ1n) is 10.4. The number of hydrogen-bond acceptors (Lipinski definition) is 4. The maximum atomic E-state index is 12.4.